The molecular formula is C13H13N2O16P3S2. The highest BCUT2D eigenvalue weighted by molar-refractivity contribution is 7.82. The van der Waals surface area contributed by atoms with Crippen LogP contribution in [0.1, 0.15) is 0 Å². The van der Waals surface area contributed by atoms with Crippen molar-refractivity contribution in [3.63, 3.8) is 0 Å². The zero-order chi connectivity index (χ0) is 24.9. The van der Waals surface area contributed by atoms with E-state index in [1.54, 1.807) is 0 Å². The molecule has 0 amide bonds. The van der Waals surface area contributed by atoms with Crippen LogP contribution in [0.2, 0.25) is 0 Å². The number of rotatable bonds is 2. The quantitative estimate of drug-likeness (QED) is 0.164. The van der Waals surface area contributed by atoms with Crippen molar-refractivity contribution in [3.8, 4) is 0 Å². The van der Waals surface area contributed by atoms with Gasteiger partial charge in [0.1, 0.15) is 29.9 Å². The first kappa shape index (κ1) is 23.1. The molecule has 4 unspecified atom stereocenters. The molecule has 12 aliphatic heterocycles. The second-order valence-corrected chi connectivity index (χ2v) is 14.4. The molecule has 18 nitrogen and oxygen atoms in total. The molecule has 11 saturated heterocycles. The first-order valence-electron chi connectivity index (χ1n) is 10.2. The van der Waals surface area contributed by atoms with Gasteiger partial charge in [-0.15, -0.1) is 12.6 Å². The van der Waals surface area contributed by atoms with Gasteiger partial charge in [-0.2, -0.15) is 12.6 Å². The molecule has 0 aliphatic carbocycles. The van der Waals surface area contributed by atoms with E-state index in [4.69, 9.17) is 50.2 Å². The lowest BCUT2D eigenvalue weighted by molar-refractivity contribution is -0.445. The van der Waals surface area contributed by atoms with Crippen molar-refractivity contribution in [1.82, 2.24) is 10.6 Å². The van der Waals surface area contributed by atoms with E-state index in [1.165, 1.54) is 6.20 Å². The van der Waals surface area contributed by atoms with E-state index in [0.29, 0.717) is 5.57 Å². The van der Waals surface area contributed by atoms with Gasteiger partial charge in [-0.05, 0) is 0 Å². The van der Waals surface area contributed by atoms with E-state index >= 15 is 0 Å². The summed E-state index contributed by atoms with van der Waals surface area (Å²) in [5.41, 5.74) is -0.110. The number of hydrogen-bond donors (Lipinski definition) is 6. The molecule has 11 fully saturated rings. The SMILES string of the molecule is O=P12OC34OC5(OP6(=O)OC5(O6)C35OP(=O)(O4)O5)C([C@@H]3O[C@@H](C4=CNC(S)NC4S)[C@H](O)[C@@H]3O)(O1)O2. The van der Waals surface area contributed by atoms with Gasteiger partial charge in [0.25, 0.3) is 5.79 Å². The van der Waals surface area contributed by atoms with E-state index in [1.807, 2.05) is 0 Å². The Morgan fingerprint density at radius 1 is 0.806 bits per heavy atom. The molecule has 4 N–H and O–H groups in total. The van der Waals surface area contributed by atoms with Gasteiger partial charge in [-0.3, -0.25) is 10.1 Å². The standard InChI is InChI=1S/C13H13N2O16P3S2/c16-3-4(17)6(21-5(3)2-1-14-8(36)15-7(2)35)9-10-11(26-33(19,25-10)27-11)12-13(22-10,30-32(18,23-9)24-9)31-34(20,28-12)29-12/h1,3-8,14-17,35-36H/t3-,4+,5+,6-,7?,8?,9?,10?,11?,12?,13?,32?,33?,34?/m1/s1. The van der Waals surface area contributed by atoms with Gasteiger partial charge in [-0.25, -0.2) is 54.4 Å². The average molecular weight is 610 g/mol. The van der Waals surface area contributed by atoms with Crippen LogP contribution in [0.5, 0.6) is 0 Å². The largest absolute Gasteiger partial charge is 0.485 e. The fourth-order valence-corrected chi connectivity index (χ4v) is 11.8. The van der Waals surface area contributed by atoms with Gasteiger partial charge in [0, 0.05) is 11.8 Å². The van der Waals surface area contributed by atoms with Gasteiger partial charge in [-0.1, -0.05) is 0 Å². The van der Waals surface area contributed by atoms with Gasteiger partial charge < -0.3 is 20.3 Å². The molecule has 0 saturated carbocycles. The van der Waals surface area contributed by atoms with Gasteiger partial charge >= 0.3 is 46.8 Å². The molecule has 8 atom stereocenters. The Morgan fingerprint density at radius 3 is 2.06 bits per heavy atom. The minimum absolute atomic E-state index is 0.347. The molecule has 0 aromatic heterocycles. The average Bonchev–Trinajstić information content (AvgIpc) is 3.38. The van der Waals surface area contributed by atoms with Crippen LogP contribution in [0.3, 0.4) is 0 Å². The van der Waals surface area contributed by atoms with E-state index in [-0.39, 0.29) is 0 Å². The molecule has 0 aromatic rings. The topological polar surface area (TPSA) is 217 Å². The zero-order valence-electron chi connectivity index (χ0n) is 16.9. The molecule has 0 radical (unpaired) electrons. The second-order valence-electron chi connectivity index (χ2n) is 9.08. The molecule has 12 aliphatic rings. The molecule has 12 rings (SSSR count). The van der Waals surface area contributed by atoms with Crippen LogP contribution in [0, 0.1) is 0 Å². The Morgan fingerprint density at radius 2 is 1.39 bits per heavy atom. The number of thiol groups is 2. The number of aliphatic hydroxyl groups excluding tert-OH is 2. The Balaban J connectivity index is 1.19. The minimum Gasteiger partial charge on any atom is -0.387 e. The fraction of sp³-hybridized carbons (Fsp3) is 0.846. The molecule has 0 aromatic carbocycles. The number of ether oxygens (including phenoxy) is 2. The van der Waals surface area contributed by atoms with Crippen molar-refractivity contribution in [3.05, 3.63) is 11.8 Å². The first-order valence-corrected chi connectivity index (χ1v) is 15.7. The molecule has 4 spiro atoms. The molecular weight excluding hydrogens is 597 g/mol. The summed E-state index contributed by atoms with van der Waals surface area (Å²) in [6.07, 6.45) is -4.97. The zero-order valence-corrected chi connectivity index (χ0v) is 21.4. The maximum atomic E-state index is 13.2. The van der Waals surface area contributed by atoms with E-state index in [0.717, 1.165) is 0 Å². The summed E-state index contributed by atoms with van der Waals surface area (Å²) in [5.74, 6) is -13.0. The van der Waals surface area contributed by atoms with Crippen molar-refractivity contribution in [1.29, 1.82) is 0 Å². The van der Waals surface area contributed by atoms with Crippen molar-refractivity contribution >= 4 is 48.7 Å². The highest BCUT2D eigenvalue weighted by atomic mass is 32.1. The first-order chi connectivity index (χ1) is 16.8. The number of aliphatic hydroxyl groups is 2. The van der Waals surface area contributed by atoms with Crippen LogP contribution in [-0.2, 0) is 63.9 Å². The summed E-state index contributed by atoms with van der Waals surface area (Å²) < 4.78 is 98.9. The normalized spacial score (nSPS) is 71.1. The van der Waals surface area contributed by atoms with Crippen LogP contribution < -0.4 is 10.6 Å². The van der Waals surface area contributed by atoms with Crippen molar-refractivity contribution in [2.45, 2.75) is 64.4 Å². The van der Waals surface area contributed by atoms with E-state index < -0.39 is 87.9 Å². The number of nitrogens with one attached hydrogen (secondary N) is 2. The second kappa shape index (κ2) is 6.01. The summed E-state index contributed by atoms with van der Waals surface area (Å²) in [4.78, 5) is 0. The summed E-state index contributed by atoms with van der Waals surface area (Å²) in [6, 6.07) is 0. The van der Waals surface area contributed by atoms with Crippen molar-refractivity contribution < 1.29 is 74.1 Å². The van der Waals surface area contributed by atoms with Crippen LogP contribution in [-0.4, -0.2) is 74.6 Å². The monoisotopic (exact) mass is 610 g/mol. The lowest BCUT2D eigenvalue weighted by Gasteiger charge is -2.56. The smallest absolute Gasteiger partial charge is 0.387 e. The Labute approximate surface area is 209 Å². The summed E-state index contributed by atoms with van der Waals surface area (Å²) >= 11 is 8.64. The Kier molecular flexibility index (Phi) is 3.86. The van der Waals surface area contributed by atoms with E-state index in [9.17, 15) is 23.9 Å². The van der Waals surface area contributed by atoms with Crippen LogP contribution >= 0.6 is 48.7 Å². The van der Waals surface area contributed by atoms with Gasteiger partial charge in [0.15, 0.2) is 0 Å². The number of phosphoric acid groups is 3. The predicted molar refractivity (Wildman–Crippen MR) is 108 cm³/mol. The third-order valence-electron chi connectivity index (χ3n) is 7.17. The minimum atomic E-state index is -4.63. The predicted octanol–water partition coefficient (Wildman–Crippen LogP) is -0.954. The lowest BCUT2D eigenvalue weighted by Crippen LogP contribution is -2.80. The molecule has 23 heteroatoms. The Hall–Kier alpha value is 0.370. The van der Waals surface area contributed by atoms with Crippen LogP contribution in [0.4, 0.5) is 0 Å². The maximum absolute atomic E-state index is 13.2. The summed E-state index contributed by atoms with van der Waals surface area (Å²) in [7, 11) is -13.3. The van der Waals surface area contributed by atoms with Crippen LogP contribution in [0.15, 0.2) is 11.8 Å². The van der Waals surface area contributed by atoms with Gasteiger partial charge in [0.2, 0.25) is 0 Å². The summed E-state index contributed by atoms with van der Waals surface area (Å²) in [5, 5.41) is 27.1. The van der Waals surface area contributed by atoms with Crippen molar-refractivity contribution in [2.75, 3.05) is 0 Å². The maximum Gasteiger partial charge on any atom is 0.485 e. The summed E-state index contributed by atoms with van der Waals surface area (Å²) in [6.45, 7) is 0. The third-order valence-corrected chi connectivity index (χ3v) is 12.2. The van der Waals surface area contributed by atoms with Crippen LogP contribution in [0.25, 0.3) is 0 Å². The highest BCUT2D eigenvalue weighted by Crippen LogP contribution is 2.99. The molecule has 8 bridgehead atoms. The fourth-order valence-electron chi connectivity index (χ4n) is 5.84. The Bertz CT molecular complexity index is 1320. The van der Waals surface area contributed by atoms with Crippen molar-refractivity contribution in [2.24, 2.45) is 0 Å². The molecule has 36 heavy (non-hydrogen) atoms. The number of hydrogen-bond acceptors (Lipinski definition) is 20. The third kappa shape index (κ3) is 2.09. The highest BCUT2D eigenvalue weighted by Gasteiger charge is 3.14. The molecule has 198 valence electrons. The van der Waals surface area contributed by atoms with E-state index in [2.05, 4.69) is 35.9 Å². The number of phosphoric ester groups is 3. The molecule has 12 heterocycles. The lowest BCUT2D eigenvalue weighted by atomic mass is 9.86. The van der Waals surface area contributed by atoms with Gasteiger partial charge in [0.05, 0.1) is 5.37 Å².